The average molecular weight is 405 g/mol. The normalized spacial score (nSPS) is 14.6. The second kappa shape index (κ2) is 15.1. The van der Waals surface area contributed by atoms with Gasteiger partial charge in [-0.25, -0.2) is 0 Å². The lowest BCUT2D eigenvalue weighted by Gasteiger charge is -2.16. The number of unbranched alkanes of at least 4 members (excludes halogenated alkanes) is 2. The van der Waals surface area contributed by atoms with Gasteiger partial charge in [-0.15, -0.1) is 0 Å². The van der Waals surface area contributed by atoms with Crippen LogP contribution in [0.25, 0.3) is 0 Å². The predicted octanol–water partition coefficient (Wildman–Crippen LogP) is 9.69. The van der Waals surface area contributed by atoms with Crippen molar-refractivity contribution in [2.75, 3.05) is 0 Å². The average Bonchev–Trinajstić information content (AvgIpc) is 2.80. The molecular formula is C30H44. The van der Waals surface area contributed by atoms with Crippen LogP contribution in [0.1, 0.15) is 108 Å². The van der Waals surface area contributed by atoms with Gasteiger partial charge in [-0.05, 0) is 61.0 Å². The Kier molecular flexibility index (Phi) is 12.3. The molecule has 0 bridgehead atoms. The summed E-state index contributed by atoms with van der Waals surface area (Å²) in [5.41, 5.74) is 2.99. The summed E-state index contributed by atoms with van der Waals surface area (Å²) in [6.07, 6.45) is 18.0. The second-order valence-electron chi connectivity index (χ2n) is 9.02. The van der Waals surface area contributed by atoms with Gasteiger partial charge < -0.3 is 0 Å². The van der Waals surface area contributed by atoms with Crippen LogP contribution in [-0.4, -0.2) is 0 Å². The van der Waals surface area contributed by atoms with Crippen LogP contribution in [0.3, 0.4) is 0 Å². The van der Waals surface area contributed by atoms with E-state index in [1.807, 2.05) is 0 Å². The molecule has 2 aromatic rings. The third kappa shape index (κ3) is 9.33. The zero-order valence-corrected chi connectivity index (χ0v) is 19.7. The minimum Gasteiger partial charge on any atom is -0.0885 e. The number of allylic oxidation sites excluding steroid dienone is 2. The highest BCUT2D eigenvalue weighted by Crippen LogP contribution is 2.26. The van der Waals surface area contributed by atoms with Crippen molar-refractivity contribution in [1.29, 1.82) is 0 Å². The SMILES string of the molecule is CCC(CC=CCCC(C)c1ccccc1)CCCCCC(CC)c1ccccc1. The first-order chi connectivity index (χ1) is 14.7. The topological polar surface area (TPSA) is 0 Å². The summed E-state index contributed by atoms with van der Waals surface area (Å²) in [5, 5.41) is 0. The first-order valence-corrected chi connectivity index (χ1v) is 12.5. The molecule has 0 aliphatic rings. The highest BCUT2D eigenvalue weighted by Gasteiger charge is 2.09. The minimum absolute atomic E-state index is 0.653. The zero-order valence-electron chi connectivity index (χ0n) is 19.7. The van der Waals surface area contributed by atoms with Gasteiger partial charge in [-0.1, -0.05) is 126 Å². The third-order valence-electron chi connectivity index (χ3n) is 6.78. The minimum atomic E-state index is 0.653. The van der Waals surface area contributed by atoms with Crippen molar-refractivity contribution in [2.24, 2.45) is 5.92 Å². The summed E-state index contributed by atoms with van der Waals surface area (Å²) in [5.74, 6) is 2.26. The van der Waals surface area contributed by atoms with Gasteiger partial charge in [-0.3, -0.25) is 0 Å². The first-order valence-electron chi connectivity index (χ1n) is 12.5. The number of rotatable bonds is 15. The second-order valence-corrected chi connectivity index (χ2v) is 9.02. The fourth-order valence-electron chi connectivity index (χ4n) is 4.52. The molecule has 0 spiro atoms. The maximum atomic E-state index is 2.45. The molecule has 0 aromatic heterocycles. The van der Waals surface area contributed by atoms with Crippen molar-refractivity contribution in [3.05, 3.63) is 83.9 Å². The predicted molar refractivity (Wildman–Crippen MR) is 134 cm³/mol. The molecule has 3 unspecified atom stereocenters. The van der Waals surface area contributed by atoms with E-state index in [1.54, 1.807) is 0 Å². The lowest BCUT2D eigenvalue weighted by molar-refractivity contribution is 0.437. The number of hydrogen-bond acceptors (Lipinski definition) is 0. The molecule has 0 heteroatoms. The van der Waals surface area contributed by atoms with Crippen molar-refractivity contribution in [2.45, 2.75) is 96.8 Å². The molecule has 0 nitrogen and oxygen atoms in total. The molecule has 0 saturated heterocycles. The van der Waals surface area contributed by atoms with Gasteiger partial charge in [0.05, 0.1) is 0 Å². The van der Waals surface area contributed by atoms with Crippen LogP contribution >= 0.6 is 0 Å². The van der Waals surface area contributed by atoms with Crippen molar-refractivity contribution in [3.8, 4) is 0 Å². The first kappa shape index (κ1) is 24.4. The summed E-state index contributed by atoms with van der Waals surface area (Å²) in [7, 11) is 0. The summed E-state index contributed by atoms with van der Waals surface area (Å²) in [6.45, 7) is 7.04. The Balaban J connectivity index is 1.57. The zero-order chi connectivity index (χ0) is 21.4. The Morgan fingerprint density at radius 3 is 1.93 bits per heavy atom. The number of benzene rings is 2. The van der Waals surface area contributed by atoms with E-state index in [1.165, 1.54) is 75.3 Å². The molecular weight excluding hydrogens is 360 g/mol. The van der Waals surface area contributed by atoms with Crippen LogP contribution in [0, 0.1) is 5.92 Å². The molecule has 2 aromatic carbocycles. The fraction of sp³-hybridized carbons (Fsp3) is 0.533. The Bertz CT molecular complexity index is 670. The molecule has 0 amide bonds. The van der Waals surface area contributed by atoms with Crippen LogP contribution in [0.5, 0.6) is 0 Å². The van der Waals surface area contributed by atoms with Crippen molar-refractivity contribution < 1.29 is 0 Å². The van der Waals surface area contributed by atoms with E-state index < -0.39 is 0 Å². The van der Waals surface area contributed by atoms with Crippen LogP contribution < -0.4 is 0 Å². The monoisotopic (exact) mass is 404 g/mol. The lowest BCUT2D eigenvalue weighted by atomic mass is 9.89. The molecule has 0 saturated carbocycles. The van der Waals surface area contributed by atoms with Gasteiger partial charge in [0.1, 0.15) is 0 Å². The van der Waals surface area contributed by atoms with E-state index in [4.69, 9.17) is 0 Å². The van der Waals surface area contributed by atoms with Crippen LogP contribution in [-0.2, 0) is 0 Å². The van der Waals surface area contributed by atoms with Crippen LogP contribution in [0.15, 0.2) is 72.8 Å². The van der Waals surface area contributed by atoms with E-state index in [-0.39, 0.29) is 0 Å². The van der Waals surface area contributed by atoms with Crippen LogP contribution in [0.4, 0.5) is 0 Å². The smallest absolute Gasteiger partial charge is 0.0165 e. The molecule has 3 atom stereocenters. The van der Waals surface area contributed by atoms with Gasteiger partial charge in [0.15, 0.2) is 0 Å². The van der Waals surface area contributed by atoms with Crippen molar-refractivity contribution in [3.63, 3.8) is 0 Å². The number of hydrogen-bond donors (Lipinski definition) is 0. The largest absolute Gasteiger partial charge is 0.0885 e. The summed E-state index contributed by atoms with van der Waals surface area (Å²) in [6, 6.07) is 22.0. The van der Waals surface area contributed by atoms with Gasteiger partial charge in [0, 0.05) is 0 Å². The fourth-order valence-corrected chi connectivity index (χ4v) is 4.52. The standard InChI is InChI=1S/C30H44/c1-4-27(19-11-6-10-18-26(3)29-22-14-8-15-23-29)20-12-7-13-21-28(5-2)30-24-16-9-17-25-30/h6,8-9,11,14-17,22-28H,4-5,7,10,12-13,18-21H2,1-3H3. The van der Waals surface area contributed by atoms with Gasteiger partial charge in [-0.2, -0.15) is 0 Å². The Morgan fingerprint density at radius 2 is 1.30 bits per heavy atom. The molecule has 0 fully saturated rings. The van der Waals surface area contributed by atoms with Gasteiger partial charge >= 0.3 is 0 Å². The Morgan fingerprint density at radius 1 is 0.667 bits per heavy atom. The van der Waals surface area contributed by atoms with Crippen molar-refractivity contribution in [1.82, 2.24) is 0 Å². The van der Waals surface area contributed by atoms with Gasteiger partial charge in [0.25, 0.3) is 0 Å². The van der Waals surface area contributed by atoms with Gasteiger partial charge in [0.2, 0.25) is 0 Å². The lowest BCUT2D eigenvalue weighted by Crippen LogP contribution is -1.99. The molecule has 30 heavy (non-hydrogen) atoms. The molecule has 0 aliphatic heterocycles. The Hall–Kier alpha value is -1.82. The highest BCUT2D eigenvalue weighted by molar-refractivity contribution is 5.19. The van der Waals surface area contributed by atoms with E-state index >= 15 is 0 Å². The maximum absolute atomic E-state index is 2.45. The quantitative estimate of drug-likeness (QED) is 0.205. The van der Waals surface area contributed by atoms with Crippen LogP contribution in [0.2, 0.25) is 0 Å². The van der Waals surface area contributed by atoms with E-state index in [0.29, 0.717) is 5.92 Å². The van der Waals surface area contributed by atoms with E-state index in [2.05, 4.69) is 93.6 Å². The summed E-state index contributed by atoms with van der Waals surface area (Å²) in [4.78, 5) is 0. The molecule has 0 radical (unpaired) electrons. The molecule has 0 N–H and O–H groups in total. The van der Waals surface area contributed by atoms with Crippen molar-refractivity contribution >= 4 is 0 Å². The summed E-state index contributed by atoms with van der Waals surface area (Å²) >= 11 is 0. The molecule has 0 aliphatic carbocycles. The molecule has 0 heterocycles. The molecule has 2 rings (SSSR count). The van der Waals surface area contributed by atoms with E-state index in [0.717, 1.165) is 11.8 Å². The summed E-state index contributed by atoms with van der Waals surface area (Å²) < 4.78 is 0. The third-order valence-corrected chi connectivity index (χ3v) is 6.78. The highest BCUT2D eigenvalue weighted by atomic mass is 14.1. The molecule has 164 valence electrons. The maximum Gasteiger partial charge on any atom is -0.0165 e. The van der Waals surface area contributed by atoms with E-state index in [9.17, 15) is 0 Å². The Labute approximate surface area is 186 Å².